The van der Waals surface area contributed by atoms with Gasteiger partial charge in [-0.15, -0.1) is 0 Å². The normalized spacial score (nSPS) is 21.6. The van der Waals surface area contributed by atoms with Gasteiger partial charge in [0, 0.05) is 22.9 Å². The largest absolute Gasteiger partial charge is 0.296 e. The predicted octanol–water partition coefficient (Wildman–Crippen LogP) is 4.48. The zero-order valence-corrected chi connectivity index (χ0v) is 12.4. The predicted molar refractivity (Wildman–Crippen MR) is 77.9 cm³/mol. The average Bonchev–Trinajstić information content (AvgIpc) is 2.32. The third-order valence-corrected chi connectivity index (χ3v) is 4.16. The van der Waals surface area contributed by atoms with Gasteiger partial charge in [-0.25, -0.2) is 0 Å². The number of piperidine rings is 1. The minimum atomic E-state index is 0.738. The fourth-order valence-electron chi connectivity index (χ4n) is 2.59. The molecule has 1 saturated heterocycles. The van der Waals surface area contributed by atoms with Crippen LogP contribution in [0.4, 0.5) is 0 Å². The van der Waals surface area contributed by atoms with Crippen LogP contribution in [-0.2, 0) is 6.54 Å². The molecule has 1 aromatic rings. The topological polar surface area (TPSA) is 3.24 Å². The standard InChI is InChI=1S/C14H19BrClN/c15-8-7-14-6-1-2-9-17(14)11-12-4-3-5-13(16)10-12/h3-5,10,14H,1-2,6-9,11H2. The van der Waals surface area contributed by atoms with Crippen molar-refractivity contribution >= 4 is 27.5 Å². The molecule has 17 heavy (non-hydrogen) atoms. The van der Waals surface area contributed by atoms with Crippen molar-refractivity contribution in [3.05, 3.63) is 34.9 Å². The van der Waals surface area contributed by atoms with Crippen LogP contribution in [0.5, 0.6) is 0 Å². The first-order valence-corrected chi connectivity index (χ1v) is 7.84. The molecular weight excluding hydrogens is 298 g/mol. The van der Waals surface area contributed by atoms with E-state index in [0.717, 1.165) is 22.9 Å². The molecule has 0 bridgehead atoms. The maximum absolute atomic E-state index is 6.03. The zero-order valence-electron chi connectivity index (χ0n) is 10.0. The van der Waals surface area contributed by atoms with E-state index < -0.39 is 0 Å². The van der Waals surface area contributed by atoms with Gasteiger partial charge >= 0.3 is 0 Å². The monoisotopic (exact) mass is 315 g/mol. The molecule has 1 aliphatic heterocycles. The van der Waals surface area contributed by atoms with E-state index in [4.69, 9.17) is 11.6 Å². The van der Waals surface area contributed by atoms with E-state index in [-0.39, 0.29) is 0 Å². The van der Waals surface area contributed by atoms with E-state index in [9.17, 15) is 0 Å². The van der Waals surface area contributed by atoms with Crippen molar-refractivity contribution < 1.29 is 0 Å². The van der Waals surface area contributed by atoms with Crippen LogP contribution >= 0.6 is 27.5 Å². The molecule has 1 unspecified atom stereocenters. The number of rotatable bonds is 4. The lowest BCUT2D eigenvalue weighted by atomic mass is 9.99. The van der Waals surface area contributed by atoms with Crippen LogP contribution in [0.3, 0.4) is 0 Å². The second-order valence-electron chi connectivity index (χ2n) is 4.73. The highest BCUT2D eigenvalue weighted by molar-refractivity contribution is 9.09. The molecule has 2 rings (SSSR count). The summed E-state index contributed by atoms with van der Waals surface area (Å²) in [7, 11) is 0. The summed E-state index contributed by atoms with van der Waals surface area (Å²) in [5.41, 5.74) is 1.33. The van der Waals surface area contributed by atoms with Crippen molar-refractivity contribution in [2.45, 2.75) is 38.3 Å². The Hall–Kier alpha value is -0.0500. The third kappa shape index (κ3) is 3.97. The Kier molecular flexibility index (Phi) is 5.33. The summed E-state index contributed by atoms with van der Waals surface area (Å²) >= 11 is 9.60. The van der Waals surface area contributed by atoms with Crippen LogP contribution in [0.15, 0.2) is 24.3 Å². The summed E-state index contributed by atoms with van der Waals surface area (Å²) in [6.07, 6.45) is 5.30. The molecule has 1 atom stereocenters. The van der Waals surface area contributed by atoms with Crippen molar-refractivity contribution in [3.8, 4) is 0 Å². The highest BCUT2D eigenvalue weighted by Crippen LogP contribution is 2.23. The van der Waals surface area contributed by atoms with Gasteiger partial charge in [-0.05, 0) is 43.5 Å². The Labute approximate surface area is 117 Å². The smallest absolute Gasteiger partial charge is 0.0409 e. The molecule has 0 radical (unpaired) electrons. The summed E-state index contributed by atoms with van der Waals surface area (Å²) in [5, 5.41) is 1.94. The molecule has 1 fully saturated rings. The van der Waals surface area contributed by atoms with Crippen molar-refractivity contribution in [2.24, 2.45) is 0 Å². The summed E-state index contributed by atoms with van der Waals surface area (Å²) in [6, 6.07) is 8.98. The van der Waals surface area contributed by atoms with Gasteiger partial charge in [-0.1, -0.05) is 46.1 Å². The summed E-state index contributed by atoms with van der Waals surface area (Å²) in [6.45, 7) is 2.27. The molecule has 0 N–H and O–H groups in total. The fraction of sp³-hybridized carbons (Fsp3) is 0.571. The summed E-state index contributed by atoms with van der Waals surface area (Å²) in [4.78, 5) is 2.61. The number of nitrogens with zero attached hydrogens (tertiary/aromatic N) is 1. The van der Waals surface area contributed by atoms with E-state index in [0.29, 0.717) is 0 Å². The van der Waals surface area contributed by atoms with Gasteiger partial charge in [0.1, 0.15) is 0 Å². The Morgan fingerprint density at radius 3 is 3.00 bits per heavy atom. The second kappa shape index (κ2) is 6.77. The van der Waals surface area contributed by atoms with E-state index >= 15 is 0 Å². The molecule has 1 nitrogen and oxygen atoms in total. The average molecular weight is 317 g/mol. The number of benzene rings is 1. The van der Waals surface area contributed by atoms with Gasteiger partial charge in [-0.3, -0.25) is 4.90 Å². The zero-order chi connectivity index (χ0) is 12.1. The lowest BCUT2D eigenvalue weighted by Crippen LogP contribution is -2.39. The Balaban J connectivity index is 2.00. The van der Waals surface area contributed by atoms with Gasteiger partial charge in [-0.2, -0.15) is 0 Å². The molecule has 0 amide bonds. The van der Waals surface area contributed by atoms with Crippen LogP contribution in [0.25, 0.3) is 0 Å². The molecule has 94 valence electrons. The highest BCUT2D eigenvalue weighted by atomic mass is 79.9. The first-order chi connectivity index (χ1) is 8.29. The van der Waals surface area contributed by atoms with Crippen LogP contribution in [0.2, 0.25) is 5.02 Å². The molecule has 1 aromatic carbocycles. The van der Waals surface area contributed by atoms with Crippen molar-refractivity contribution in [1.29, 1.82) is 0 Å². The van der Waals surface area contributed by atoms with E-state index in [1.807, 2.05) is 12.1 Å². The van der Waals surface area contributed by atoms with Gasteiger partial charge in [0.05, 0.1) is 0 Å². The second-order valence-corrected chi connectivity index (χ2v) is 5.96. The third-order valence-electron chi connectivity index (χ3n) is 3.47. The van der Waals surface area contributed by atoms with Crippen LogP contribution in [0, 0.1) is 0 Å². The Morgan fingerprint density at radius 2 is 2.24 bits per heavy atom. The minimum Gasteiger partial charge on any atom is -0.296 e. The summed E-state index contributed by atoms with van der Waals surface area (Å²) < 4.78 is 0. The summed E-state index contributed by atoms with van der Waals surface area (Å²) in [5.74, 6) is 0. The van der Waals surface area contributed by atoms with Crippen LogP contribution in [-0.4, -0.2) is 22.8 Å². The van der Waals surface area contributed by atoms with Crippen molar-refractivity contribution in [1.82, 2.24) is 4.90 Å². The quantitative estimate of drug-likeness (QED) is 0.740. The number of hydrogen-bond donors (Lipinski definition) is 0. The lowest BCUT2D eigenvalue weighted by molar-refractivity contribution is 0.137. The molecule has 1 aliphatic rings. The fourth-order valence-corrected chi connectivity index (χ4v) is 3.33. The van der Waals surface area contributed by atoms with E-state index in [1.165, 1.54) is 37.8 Å². The maximum Gasteiger partial charge on any atom is 0.0409 e. The van der Waals surface area contributed by atoms with Crippen LogP contribution in [0.1, 0.15) is 31.2 Å². The molecule has 0 aliphatic carbocycles. The highest BCUT2D eigenvalue weighted by Gasteiger charge is 2.21. The minimum absolute atomic E-state index is 0.738. The van der Waals surface area contributed by atoms with Gasteiger partial charge < -0.3 is 0 Å². The molecule has 0 saturated carbocycles. The lowest BCUT2D eigenvalue weighted by Gasteiger charge is -2.35. The molecule has 0 aromatic heterocycles. The molecule has 1 heterocycles. The Bertz CT molecular complexity index is 354. The molecular formula is C14H19BrClN. The van der Waals surface area contributed by atoms with E-state index in [1.54, 1.807) is 0 Å². The molecule has 0 spiro atoms. The Morgan fingerprint density at radius 1 is 1.35 bits per heavy atom. The first-order valence-electron chi connectivity index (χ1n) is 6.34. The van der Waals surface area contributed by atoms with Crippen molar-refractivity contribution in [3.63, 3.8) is 0 Å². The van der Waals surface area contributed by atoms with Gasteiger partial charge in [0.2, 0.25) is 0 Å². The van der Waals surface area contributed by atoms with Crippen LogP contribution < -0.4 is 0 Å². The number of halogens is 2. The number of alkyl halides is 1. The number of hydrogen-bond acceptors (Lipinski definition) is 1. The van der Waals surface area contributed by atoms with E-state index in [2.05, 4.69) is 33.0 Å². The maximum atomic E-state index is 6.03. The SMILES string of the molecule is Clc1cccc(CN2CCCCC2CCBr)c1. The first kappa shape index (κ1) is 13.4. The van der Waals surface area contributed by atoms with Crippen molar-refractivity contribution in [2.75, 3.05) is 11.9 Å². The molecule has 3 heteroatoms. The number of likely N-dealkylation sites (tertiary alicyclic amines) is 1. The van der Waals surface area contributed by atoms with Gasteiger partial charge in [0.25, 0.3) is 0 Å². The van der Waals surface area contributed by atoms with Gasteiger partial charge in [0.15, 0.2) is 0 Å².